The van der Waals surface area contributed by atoms with E-state index in [9.17, 15) is 4.79 Å². The molecule has 0 spiro atoms. The van der Waals surface area contributed by atoms with Gasteiger partial charge in [0.1, 0.15) is 11.5 Å². The summed E-state index contributed by atoms with van der Waals surface area (Å²) in [6.07, 6.45) is -0.673. The van der Waals surface area contributed by atoms with Gasteiger partial charge in [-0.1, -0.05) is 36.4 Å². The highest BCUT2D eigenvalue weighted by atomic mass is 16.6. The van der Waals surface area contributed by atoms with E-state index in [2.05, 4.69) is 10.2 Å². The van der Waals surface area contributed by atoms with Gasteiger partial charge in [-0.3, -0.25) is 0 Å². The Bertz CT molecular complexity index is 1080. The summed E-state index contributed by atoms with van der Waals surface area (Å²) >= 11 is 0. The van der Waals surface area contributed by atoms with Gasteiger partial charge in [0.15, 0.2) is 6.10 Å². The summed E-state index contributed by atoms with van der Waals surface area (Å²) in [6.45, 7) is 1.69. The molecule has 4 rings (SSSR count). The summed E-state index contributed by atoms with van der Waals surface area (Å²) in [4.78, 5) is 12.4. The van der Waals surface area contributed by atoms with Gasteiger partial charge in [0.2, 0.25) is 5.89 Å². The van der Waals surface area contributed by atoms with Crippen LogP contribution in [-0.2, 0) is 4.74 Å². The van der Waals surface area contributed by atoms with Crippen LogP contribution in [-0.4, -0.2) is 16.2 Å². The van der Waals surface area contributed by atoms with Crippen molar-refractivity contribution in [3.63, 3.8) is 0 Å². The highest BCUT2D eigenvalue weighted by molar-refractivity contribution is 5.89. The number of hydrogen-bond donors (Lipinski definition) is 0. The van der Waals surface area contributed by atoms with Crippen LogP contribution in [0.4, 0.5) is 0 Å². The summed E-state index contributed by atoms with van der Waals surface area (Å²) in [5.41, 5.74) is 1.21. The summed E-state index contributed by atoms with van der Waals surface area (Å²) in [5, 5.41) is 8.00. The third kappa shape index (κ3) is 4.50. The molecular formula is C23H18N2O4. The van der Waals surface area contributed by atoms with Crippen LogP contribution in [0, 0.1) is 0 Å². The van der Waals surface area contributed by atoms with Crippen molar-refractivity contribution in [3.8, 4) is 23.0 Å². The van der Waals surface area contributed by atoms with Crippen molar-refractivity contribution in [1.82, 2.24) is 10.2 Å². The summed E-state index contributed by atoms with van der Waals surface area (Å²) < 4.78 is 16.8. The topological polar surface area (TPSA) is 74.5 Å². The standard InChI is InChI=1S/C23H18N2O4/c1-16(21-24-25-22(29-21)17-8-4-2-5-9-17)27-23(26)18-12-14-20(15-13-18)28-19-10-6-3-7-11-19/h2-16H,1H3/t16-/m0/s1. The maximum Gasteiger partial charge on any atom is 0.338 e. The fraction of sp³-hybridized carbons (Fsp3) is 0.0870. The van der Waals surface area contributed by atoms with Crippen LogP contribution < -0.4 is 4.74 Å². The Hall–Kier alpha value is -3.93. The van der Waals surface area contributed by atoms with Crippen molar-refractivity contribution in [2.75, 3.05) is 0 Å². The van der Waals surface area contributed by atoms with Crippen molar-refractivity contribution in [3.05, 3.63) is 96.4 Å². The lowest BCUT2D eigenvalue weighted by Crippen LogP contribution is -2.09. The molecule has 0 radical (unpaired) electrons. The van der Waals surface area contributed by atoms with Crippen LogP contribution >= 0.6 is 0 Å². The first-order valence-corrected chi connectivity index (χ1v) is 9.12. The molecule has 0 amide bonds. The van der Waals surface area contributed by atoms with Gasteiger partial charge >= 0.3 is 5.97 Å². The molecule has 1 atom stereocenters. The number of rotatable bonds is 6. The number of esters is 1. The predicted molar refractivity (Wildman–Crippen MR) is 107 cm³/mol. The van der Waals surface area contributed by atoms with Crippen LogP contribution in [0.1, 0.15) is 29.3 Å². The quantitative estimate of drug-likeness (QED) is 0.410. The average Bonchev–Trinajstić information content (AvgIpc) is 3.26. The highest BCUT2D eigenvalue weighted by Crippen LogP contribution is 2.24. The Morgan fingerprint density at radius 3 is 2.14 bits per heavy atom. The molecule has 6 nitrogen and oxygen atoms in total. The van der Waals surface area contributed by atoms with E-state index in [1.165, 1.54) is 0 Å². The lowest BCUT2D eigenvalue weighted by Gasteiger charge is -2.10. The van der Waals surface area contributed by atoms with E-state index in [-0.39, 0.29) is 5.89 Å². The summed E-state index contributed by atoms with van der Waals surface area (Å²) in [6, 6.07) is 25.6. The second kappa shape index (κ2) is 8.39. The number of carbonyl (C=O) groups is 1. The van der Waals surface area contributed by atoms with Gasteiger partial charge < -0.3 is 13.9 Å². The van der Waals surface area contributed by atoms with E-state index in [0.717, 1.165) is 11.3 Å². The molecule has 0 bridgehead atoms. The van der Waals surface area contributed by atoms with Crippen LogP contribution in [0.2, 0.25) is 0 Å². The van der Waals surface area contributed by atoms with Gasteiger partial charge in [-0.2, -0.15) is 0 Å². The number of nitrogens with zero attached hydrogens (tertiary/aromatic N) is 2. The molecule has 0 aliphatic rings. The van der Waals surface area contributed by atoms with Gasteiger partial charge in [-0.05, 0) is 55.5 Å². The Kier molecular flexibility index (Phi) is 5.33. The minimum atomic E-state index is -0.673. The van der Waals surface area contributed by atoms with Gasteiger partial charge in [0.05, 0.1) is 5.56 Å². The summed E-state index contributed by atoms with van der Waals surface area (Å²) in [5.74, 6) is 1.49. The molecule has 6 heteroatoms. The molecular weight excluding hydrogens is 368 g/mol. The van der Waals surface area contributed by atoms with Crippen LogP contribution in [0.3, 0.4) is 0 Å². The van der Waals surface area contributed by atoms with Crippen molar-refractivity contribution >= 4 is 5.97 Å². The molecule has 4 aromatic rings. The van der Waals surface area contributed by atoms with E-state index in [0.29, 0.717) is 17.2 Å². The third-order valence-electron chi connectivity index (χ3n) is 4.16. The number of carbonyl (C=O) groups excluding carboxylic acids is 1. The number of aromatic nitrogens is 2. The first-order chi connectivity index (χ1) is 14.2. The normalized spacial score (nSPS) is 11.6. The predicted octanol–water partition coefficient (Wildman–Crippen LogP) is 5.45. The van der Waals surface area contributed by atoms with E-state index in [1.54, 1.807) is 31.2 Å². The largest absolute Gasteiger partial charge is 0.457 e. The maximum absolute atomic E-state index is 12.4. The zero-order chi connectivity index (χ0) is 20.1. The van der Waals surface area contributed by atoms with Crippen LogP contribution in [0.5, 0.6) is 11.5 Å². The lowest BCUT2D eigenvalue weighted by molar-refractivity contribution is 0.0280. The number of para-hydroxylation sites is 1. The molecule has 144 valence electrons. The second-order valence-corrected chi connectivity index (χ2v) is 6.30. The lowest BCUT2D eigenvalue weighted by atomic mass is 10.2. The van der Waals surface area contributed by atoms with E-state index < -0.39 is 12.1 Å². The van der Waals surface area contributed by atoms with Crippen LogP contribution in [0.25, 0.3) is 11.5 Å². The van der Waals surface area contributed by atoms with Crippen LogP contribution in [0.15, 0.2) is 89.3 Å². The second-order valence-electron chi connectivity index (χ2n) is 6.30. The molecule has 29 heavy (non-hydrogen) atoms. The highest BCUT2D eigenvalue weighted by Gasteiger charge is 2.20. The van der Waals surface area contributed by atoms with Gasteiger partial charge in [0.25, 0.3) is 5.89 Å². The molecule has 1 aromatic heterocycles. The minimum absolute atomic E-state index is 0.237. The fourth-order valence-electron chi connectivity index (χ4n) is 2.66. The van der Waals surface area contributed by atoms with Crippen molar-refractivity contribution in [2.24, 2.45) is 0 Å². The third-order valence-corrected chi connectivity index (χ3v) is 4.16. The summed E-state index contributed by atoms with van der Waals surface area (Å²) in [7, 11) is 0. The first-order valence-electron chi connectivity index (χ1n) is 9.12. The minimum Gasteiger partial charge on any atom is -0.457 e. The van der Waals surface area contributed by atoms with E-state index in [4.69, 9.17) is 13.9 Å². The van der Waals surface area contributed by atoms with E-state index in [1.807, 2.05) is 60.7 Å². The number of ether oxygens (including phenoxy) is 2. The Morgan fingerprint density at radius 2 is 1.45 bits per heavy atom. The molecule has 0 N–H and O–H groups in total. The fourth-order valence-corrected chi connectivity index (χ4v) is 2.66. The molecule has 0 saturated carbocycles. The average molecular weight is 386 g/mol. The SMILES string of the molecule is C[C@H](OC(=O)c1ccc(Oc2ccccc2)cc1)c1nnc(-c2ccccc2)o1. The molecule has 0 fully saturated rings. The first kappa shape index (κ1) is 18.4. The zero-order valence-corrected chi connectivity index (χ0v) is 15.7. The van der Waals surface area contributed by atoms with Crippen molar-refractivity contribution in [2.45, 2.75) is 13.0 Å². The molecule has 0 aliphatic carbocycles. The van der Waals surface area contributed by atoms with Crippen molar-refractivity contribution < 1.29 is 18.7 Å². The van der Waals surface area contributed by atoms with Gasteiger partial charge in [-0.25, -0.2) is 4.79 Å². The monoisotopic (exact) mass is 386 g/mol. The van der Waals surface area contributed by atoms with Gasteiger partial charge in [-0.15, -0.1) is 10.2 Å². The Morgan fingerprint density at radius 1 is 0.828 bits per heavy atom. The maximum atomic E-state index is 12.4. The molecule has 0 unspecified atom stereocenters. The Labute approximate surface area is 167 Å². The zero-order valence-electron chi connectivity index (χ0n) is 15.7. The Balaban J connectivity index is 1.39. The number of hydrogen-bond acceptors (Lipinski definition) is 6. The van der Waals surface area contributed by atoms with Crippen molar-refractivity contribution in [1.29, 1.82) is 0 Å². The molecule has 0 aliphatic heterocycles. The molecule has 0 saturated heterocycles. The molecule has 3 aromatic carbocycles. The van der Waals surface area contributed by atoms with Gasteiger partial charge in [0, 0.05) is 5.56 Å². The number of benzene rings is 3. The smallest absolute Gasteiger partial charge is 0.338 e. The van der Waals surface area contributed by atoms with E-state index >= 15 is 0 Å². The molecule has 1 heterocycles.